The molecule has 2 aromatic carbocycles. The zero-order chi connectivity index (χ0) is 22.8. The average Bonchev–Trinajstić information content (AvgIpc) is 2.77. The van der Waals surface area contributed by atoms with Gasteiger partial charge in [-0.25, -0.2) is 4.79 Å². The van der Waals surface area contributed by atoms with Gasteiger partial charge in [-0.3, -0.25) is 19.7 Å². The Morgan fingerprint density at radius 2 is 1.65 bits per heavy atom. The van der Waals surface area contributed by atoms with Crippen LogP contribution in [0.5, 0.6) is 0 Å². The van der Waals surface area contributed by atoms with Crippen LogP contribution in [0, 0.1) is 16.0 Å². The molecular formula is C22H24N2O7. The molecule has 1 amide bonds. The van der Waals surface area contributed by atoms with E-state index in [1.807, 2.05) is 30.3 Å². The summed E-state index contributed by atoms with van der Waals surface area (Å²) in [5.41, 5.74) is 0.295. The van der Waals surface area contributed by atoms with Crippen LogP contribution in [0.1, 0.15) is 40.1 Å². The fourth-order valence-corrected chi connectivity index (χ4v) is 2.90. The van der Waals surface area contributed by atoms with Gasteiger partial charge in [-0.1, -0.05) is 30.3 Å². The summed E-state index contributed by atoms with van der Waals surface area (Å²) in [6, 6.07) is 12.6. The van der Waals surface area contributed by atoms with Crippen molar-refractivity contribution < 1.29 is 28.8 Å². The molecule has 0 spiro atoms. The molecule has 9 nitrogen and oxygen atoms in total. The number of benzene rings is 2. The van der Waals surface area contributed by atoms with Gasteiger partial charge in [0.25, 0.3) is 11.6 Å². The second-order valence-corrected chi connectivity index (χ2v) is 6.59. The van der Waals surface area contributed by atoms with Crippen molar-refractivity contribution in [2.45, 2.75) is 20.3 Å². The van der Waals surface area contributed by atoms with Gasteiger partial charge in [0.1, 0.15) is 0 Å². The molecule has 9 heteroatoms. The van der Waals surface area contributed by atoms with Crippen LogP contribution in [0.2, 0.25) is 0 Å². The van der Waals surface area contributed by atoms with E-state index in [9.17, 15) is 24.5 Å². The van der Waals surface area contributed by atoms with Gasteiger partial charge < -0.3 is 14.8 Å². The zero-order valence-electron chi connectivity index (χ0n) is 17.3. The van der Waals surface area contributed by atoms with E-state index in [-0.39, 0.29) is 30.9 Å². The Morgan fingerprint density at radius 1 is 1.00 bits per heavy atom. The summed E-state index contributed by atoms with van der Waals surface area (Å²) in [4.78, 5) is 47.5. The number of esters is 2. The van der Waals surface area contributed by atoms with Crippen LogP contribution in [0.3, 0.4) is 0 Å². The lowest BCUT2D eigenvalue weighted by molar-refractivity contribution is -0.384. The summed E-state index contributed by atoms with van der Waals surface area (Å²) in [7, 11) is 0. The van der Waals surface area contributed by atoms with Crippen molar-refractivity contribution in [3.8, 4) is 0 Å². The highest BCUT2D eigenvalue weighted by Gasteiger charge is 2.23. The molecule has 0 radical (unpaired) electrons. The first-order valence-corrected chi connectivity index (χ1v) is 9.81. The lowest BCUT2D eigenvalue weighted by Gasteiger charge is -2.16. The van der Waals surface area contributed by atoms with Gasteiger partial charge in [0.05, 0.1) is 29.6 Å². The van der Waals surface area contributed by atoms with Crippen LogP contribution in [0.4, 0.5) is 5.69 Å². The molecule has 2 rings (SSSR count). The number of nitro benzene ring substituents is 1. The van der Waals surface area contributed by atoms with Crippen molar-refractivity contribution in [3.63, 3.8) is 0 Å². The smallest absolute Gasteiger partial charge is 0.338 e. The number of nitrogens with zero attached hydrogens (tertiary/aromatic N) is 1. The standard InChI is InChI=1S/C22H24N2O7/c1-3-30-21(26)17-11-16(12-19(13-17)24(28)29)20(25)23-14-18(22(27)31-4-2)10-15-8-6-5-7-9-15/h5-9,11-13,18H,3-4,10,14H2,1-2H3,(H,23,25). The van der Waals surface area contributed by atoms with Crippen molar-refractivity contribution in [1.82, 2.24) is 5.32 Å². The highest BCUT2D eigenvalue weighted by atomic mass is 16.6. The highest BCUT2D eigenvalue weighted by Crippen LogP contribution is 2.19. The van der Waals surface area contributed by atoms with E-state index in [0.29, 0.717) is 6.42 Å². The maximum atomic E-state index is 12.7. The summed E-state index contributed by atoms with van der Waals surface area (Å²) in [6.45, 7) is 3.54. The van der Waals surface area contributed by atoms with Crippen LogP contribution in [-0.2, 0) is 20.7 Å². The number of hydrogen-bond acceptors (Lipinski definition) is 7. The van der Waals surface area contributed by atoms with E-state index < -0.39 is 34.4 Å². The van der Waals surface area contributed by atoms with Crippen LogP contribution < -0.4 is 5.32 Å². The Bertz CT molecular complexity index is 944. The molecule has 0 aliphatic heterocycles. The van der Waals surface area contributed by atoms with Gasteiger partial charge in [-0.05, 0) is 31.9 Å². The summed E-state index contributed by atoms with van der Waals surface area (Å²) in [6.07, 6.45) is 0.350. The molecule has 0 aromatic heterocycles. The SMILES string of the molecule is CCOC(=O)c1cc(C(=O)NCC(Cc2ccccc2)C(=O)OCC)cc([N+](=O)[O-])c1. The minimum absolute atomic E-state index is 0.0377. The van der Waals surface area contributed by atoms with Gasteiger partial charge in [0.2, 0.25) is 0 Å². The molecule has 1 N–H and O–H groups in total. The number of carbonyl (C=O) groups is 3. The lowest BCUT2D eigenvalue weighted by Crippen LogP contribution is -2.35. The van der Waals surface area contributed by atoms with E-state index in [1.54, 1.807) is 13.8 Å². The predicted octanol–water partition coefficient (Wildman–Crippen LogP) is 2.92. The molecule has 0 saturated carbocycles. The molecule has 164 valence electrons. The first-order chi connectivity index (χ1) is 14.8. The van der Waals surface area contributed by atoms with E-state index in [0.717, 1.165) is 17.7 Å². The topological polar surface area (TPSA) is 125 Å². The van der Waals surface area contributed by atoms with Gasteiger partial charge in [0.15, 0.2) is 0 Å². The van der Waals surface area contributed by atoms with Gasteiger partial charge in [-0.2, -0.15) is 0 Å². The Hall–Kier alpha value is -3.75. The number of nitrogens with one attached hydrogen (secondary N) is 1. The molecule has 0 aliphatic rings. The molecule has 0 heterocycles. The zero-order valence-corrected chi connectivity index (χ0v) is 17.3. The number of amides is 1. The largest absolute Gasteiger partial charge is 0.466 e. The molecule has 0 fully saturated rings. The molecule has 1 unspecified atom stereocenters. The first-order valence-electron chi connectivity index (χ1n) is 9.81. The third-order valence-electron chi connectivity index (χ3n) is 4.36. The van der Waals surface area contributed by atoms with E-state index in [2.05, 4.69) is 5.32 Å². The molecule has 0 bridgehead atoms. The number of carbonyl (C=O) groups excluding carboxylic acids is 3. The molecular weight excluding hydrogens is 404 g/mol. The predicted molar refractivity (Wildman–Crippen MR) is 112 cm³/mol. The Balaban J connectivity index is 2.19. The fraction of sp³-hybridized carbons (Fsp3) is 0.318. The molecule has 2 aromatic rings. The third kappa shape index (κ3) is 6.91. The Kier molecular flexibility index (Phi) is 8.68. The second-order valence-electron chi connectivity index (χ2n) is 6.59. The van der Waals surface area contributed by atoms with Crippen molar-refractivity contribution >= 4 is 23.5 Å². The van der Waals surface area contributed by atoms with Crippen molar-refractivity contribution in [2.24, 2.45) is 5.92 Å². The minimum Gasteiger partial charge on any atom is -0.466 e. The molecule has 0 aliphatic carbocycles. The molecule has 31 heavy (non-hydrogen) atoms. The third-order valence-corrected chi connectivity index (χ3v) is 4.36. The maximum Gasteiger partial charge on any atom is 0.338 e. The summed E-state index contributed by atoms with van der Waals surface area (Å²) in [5, 5.41) is 13.8. The first kappa shape index (κ1) is 23.5. The van der Waals surface area contributed by atoms with Gasteiger partial charge in [-0.15, -0.1) is 0 Å². The van der Waals surface area contributed by atoms with Crippen LogP contribution >= 0.6 is 0 Å². The number of nitro groups is 1. The minimum atomic E-state index is -0.770. The number of rotatable bonds is 10. The summed E-state index contributed by atoms with van der Waals surface area (Å²) >= 11 is 0. The van der Waals surface area contributed by atoms with Crippen molar-refractivity contribution in [2.75, 3.05) is 19.8 Å². The molecule has 1 atom stereocenters. The normalized spacial score (nSPS) is 11.3. The van der Waals surface area contributed by atoms with Gasteiger partial charge >= 0.3 is 11.9 Å². The fourth-order valence-electron chi connectivity index (χ4n) is 2.90. The molecule has 0 saturated heterocycles. The lowest BCUT2D eigenvalue weighted by atomic mass is 9.99. The van der Waals surface area contributed by atoms with E-state index in [4.69, 9.17) is 9.47 Å². The number of non-ortho nitro benzene ring substituents is 1. The average molecular weight is 428 g/mol. The van der Waals surface area contributed by atoms with E-state index >= 15 is 0 Å². The number of hydrogen-bond donors (Lipinski definition) is 1. The number of ether oxygens (including phenoxy) is 2. The Labute approximate surface area is 179 Å². The maximum absolute atomic E-state index is 12.7. The van der Waals surface area contributed by atoms with Crippen LogP contribution in [0.15, 0.2) is 48.5 Å². The second kappa shape index (κ2) is 11.4. The Morgan fingerprint density at radius 3 is 2.26 bits per heavy atom. The van der Waals surface area contributed by atoms with Crippen molar-refractivity contribution in [3.05, 3.63) is 75.3 Å². The monoisotopic (exact) mass is 428 g/mol. The summed E-state index contributed by atoms with van der Waals surface area (Å²) < 4.78 is 9.97. The van der Waals surface area contributed by atoms with Crippen molar-refractivity contribution in [1.29, 1.82) is 0 Å². The quantitative estimate of drug-likeness (QED) is 0.350. The van der Waals surface area contributed by atoms with E-state index in [1.165, 1.54) is 6.07 Å². The summed E-state index contributed by atoms with van der Waals surface area (Å²) in [5.74, 6) is -2.53. The highest BCUT2D eigenvalue weighted by molar-refractivity contribution is 5.99. The van der Waals surface area contributed by atoms with Crippen LogP contribution in [0.25, 0.3) is 0 Å². The van der Waals surface area contributed by atoms with Crippen LogP contribution in [-0.4, -0.2) is 42.5 Å². The van der Waals surface area contributed by atoms with Gasteiger partial charge in [0, 0.05) is 24.2 Å².